The predicted molar refractivity (Wildman–Crippen MR) is 69.9 cm³/mol. The van der Waals surface area contributed by atoms with Gasteiger partial charge >= 0.3 is 0 Å². The van der Waals surface area contributed by atoms with Crippen LogP contribution in [0.3, 0.4) is 0 Å². The summed E-state index contributed by atoms with van der Waals surface area (Å²) in [5.41, 5.74) is 1.77. The minimum atomic E-state index is -0.530. The van der Waals surface area contributed by atoms with Crippen LogP contribution >= 0.6 is 0 Å². The minimum Gasteiger partial charge on any atom is -0.323 e. The van der Waals surface area contributed by atoms with E-state index >= 15 is 0 Å². The van der Waals surface area contributed by atoms with E-state index in [1.165, 1.54) is 18.2 Å². The molecule has 0 saturated carbocycles. The Labute approximate surface area is 109 Å². The maximum absolute atomic E-state index is 13.7. The highest BCUT2D eigenvalue weighted by atomic mass is 19.1. The normalized spacial score (nSPS) is 11.1. The molecule has 0 radical (unpaired) electrons. The number of aromatic nitrogens is 2. The molecule has 3 rings (SSSR count). The van der Waals surface area contributed by atoms with Crippen molar-refractivity contribution in [2.45, 2.75) is 13.5 Å². The Kier molecular flexibility index (Phi) is 2.78. The Balaban J connectivity index is 2.13. The number of imidazole rings is 1. The van der Waals surface area contributed by atoms with Crippen molar-refractivity contribution in [3.05, 3.63) is 65.5 Å². The third kappa shape index (κ3) is 1.99. The average Bonchev–Trinajstić information content (AvgIpc) is 2.70. The summed E-state index contributed by atoms with van der Waals surface area (Å²) in [5.74, 6) is -0.321. The number of halogens is 2. The van der Waals surface area contributed by atoms with Gasteiger partial charge in [-0.15, -0.1) is 0 Å². The molecule has 2 nitrogen and oxygen atoms in total. The maximum Gasteiger partial charge on any atom is 0.131 e. The summed E-state index contributed by atoms with van der Waals surface area (Å²) in [6.45, 7) is 1.98. The lowest BCUT2D eigenvalue weighted by Gasteiger charge is -2.09. The van der Waals surface area contributed by atoms with E-state index in [9.17, 15) is 8.78 Å². The molecule has 0 aliphatic heterocycles. The molecule has 4 heteroatoms. The van der Waals surface area contributed by atoms with E-state index in [-0.39, 0.29) is 12.1 Å². The lowest BCUT2D eigenvalue weighted by molar-refractivity contribution is 0.545. The van der Waals surface area contributed by atoms with Gasteiger partial charge in [-0.2, -0.15) is 0 Å². The van der Waals surface area contributed by atoms with Gasteiger partial charge in [0.15, 0.2) is 0 Å². The fourth-order valence-electron chi connectivity index (χ4n) is 2.24. The van der Waals surface area contributed by atoms with Crippen LogP contribution in [-0.2, 0) is 6.54 Å². The summed E-state index contributed by atoms with van der Waals surface area (Å²) in [5, 5.41) is 0. The van der Waals surface area contributed by atoms with Gasteiger partial charge in [0.1, 0.15) is 17.5 Å². The van der Waals surface area contributed by atoms with Crippen LogP contribution < -0.4 is 0 Å². The molecule has 3 aromatic rings. The van der Waals surface area contributed by atoms with Crippen LogP contribution in [0, 0.1) is 18.6 Å². The van der Waals surface area contributed by atoms with Crippen molar-refractivity contribution in [2.24, 2.45) is 0 Å². The van der Waals surface area contributed by atoms with Crippen molar-refractivity contribution in [3.8, 4) is 0 Å². The fraction of sp³-hybridized carbons (Fsp3) is 0.133. The molecular weight excluding hydrogens is 246 g/mol. The lowest BCUT2D eigenvalue weighted by Crippen LogP contribution is -2.06. The molecule has 96 valence electrons. The Morgan fingerprint density at radius 1 is 1.00 bits per heavy atom. The largest absolute Gasteiger partial charge is 0.323 e. The quantitative estimate of drug-likeness (QED) is 0.685. The van der Waals surface area contributed by atoms with E-state index in [0.717, 1.165) is 16.9 Å². The predicted octanol–water partition coefficient (Wildman–Crippen LogP) is 3.67. The first-order valence-corrected chi connectivity index (χ1v) is 6.01. The zero-order chi connectivity index (χ0) is 13.4. The van der Waals surface area contributed by atoms with E-state index in [1.54, 1.807) is 0 Å². The van der Waals surface area contributed by atoms with Gasteiger partial charge in [-0.25, -0.2) is 13.8 Å². The first-order chi connectivity index (χ1) is 9.16. The molecule has 0 spiro atoms. The number of benzene rings is 2. The zero-order valence-corrected chi connectivity index (χ0v) is 10.4. The summed E-state index contributed by atoms with van der Waals surface area (Å²) >= 11 is 0. The molecule has 1 heterocycles. The summed E-state index contributed by atoms with van der Waals surface area (Å²) in [6.07, 6.45) is 0. The zero-order valence-electron chi connectivity index (χ0n) is 10.4. The Hall–Kier alpha value is -2.23. The average molecular weight is 258 g/mol. The Morgan fingerprint density at radius 2 is 1.68 bits per heavy atom. The lowest BCUT2D eigenvalue weighted by atomic mass is 10.2. The minimum absolute atomic E-state index is 0.0637. The molecule has 0 amide bonds. The van der Waals surface area contributed by atoms with Gasteiger partial charge in [0.05, 0.1) is 17.6 Å². The standard InChI is InChI=1S/C15H12F2N2/c1-10-18-14-7-2-3-8-15(14)19(10)9-11-12(16)5-4-6-13(11)17/h2-8H,9H2,1H3. The van der Waals surface area contributed by atoms with Gasteiger partial charge in [-0.1, -0.05) is 18.2 Å². The highest BCUT2D eigenvalue weighted by Gasteiger charge is 2.13. The molecule has 0 fully saturated rings. The van der Waals surface area contributed by atoms with Crippen molar-refractivity contribution < 1.29 is 8.78 Å². The third-order valence-electron chi connectivity index (χ3n) is 3.22. The van der Waals surface area contributed by atoms with Crippen LogP contribution in [0.1, 0.15) is 11.4 Å². The first kappa shape index (κ1) is 11.8. The van der Waals surface area contributed by atoms with Gasteiger partial charge in [0.2, 0.25) is 0 Å². The second-order valence-corrected chi connectivity index (χ2v) is 4.43. The highest BCUT2D eigenvalue weighted by Crippen LogP contribution is 2.20. The molecule has 0 aliphatic rings. The van der Waals surface area contributed by atoms with Crippen molar-refractivity contribution >= 4 is 11.0 Å². The molecule has 0 atom stereocenters. The second kappa shape index (κ2) is 4.46. The number of rotatable bonds is 2. The summed E-state index contributed by atoms with van der Waals surface area (Å²) in [6, 6.07) is 11.5. The van der Waals surface area contributed by atoms with E-state index in [1.807, 2.05) is 35.8 Å². The van der Waals surface area contributed by atoms with Crippen LogP contribution in [0.25, 0.3) is 11.0 Å². The number of para-hydroxylation sites is 2. The number of aryl methyl sites for hydroxylation is 1. The third-order valence-corrected chi connectivity index (χ3v) is 3.22. The summed E-state index contributed by atoms with van der Waals surface area (Å²) in [4.78, 5) is 4.39. The summed E-state index contributed by atoms with van der Waals surface area (Å²) in [7, 11) is 0. The fourth-order valence-corrected chi connectivity index (χ4v) is 2.24. The number of hydrogen-bond donors (Lipinski definition) is 0. The van der Waals surface area contributed by atoms with Gasteiger partial charge in [-0.3, -0.25) is 0 Å². The molecule has 0 aliphatic carbocycles. The van der Waals surface area contributed by atoms with Gasteiger partial charge < -0.3 is 4.57 Å². The smallest absolute Gasteiger partial charge is 0.131 e. The number of hydrogen-bond acceptors (Lipinski definition) is 1. The number of nitrogens with zero attached hydrogens (tertiary/aromatic N) is 2. The molecule has 0 N–H and O–H groups in total. The van der Waals surface area contributed by atoms with Crippen LogP contribution in [0.5, 0.6) is 0 Å². The first-order valence-electron chi connectivity index (χ1n) is 6.01. The van der Waals surface area contributed by atoms with E-state index in [2.05, 4.69) is 4.98 Å². The van der Waals surface area contributed by atoms with Crippen molar-refractivity contribution in [1.29, 1.82) is 0 Å². The van der Waals surface area contributed by atoms with Crippen LogP contribution in [0.15, 0.2) is 42.5 Å². The van der Waals surface area contributed by atoms with Crippen LogP contribution in [0.2, 0.25) is 0 Å². The highest BCUT2D eigenvalue weighted by molar-refractivity contribution is 5.75. The van der Waals surface area contributed by atoms with Gasteiger partial charge in [0, 0.05) is 5.56 Å². The van der Waals surface area contributed by atoms with Gasteiger partial charge in [0.25, 0.3) is 0 Å². The maximum atomic E-state index is 13.7. The number of fused-ring (bicyclic) bond motifs is 1. The molecule has 1 aromatic heterocycles. The Bertz CT molecular complexity index is 727. The van der Waals surface area contributed by atoms with E-state index in [4.69, 9.17) is 0 Å². The van der Waals surface area contributed by atoms with Crippen molar-refractivity contribution in [3.63, 3.8) is 0 Å². The van der Waals surface area contributed by atoms with Crippen LogP contribution in [0.4, 0.5) is 8.78 Å². The van der Waals surface area contributed by atoms with Crippen molar-refractivity contribution in [1.82, 2.24) is 9.55 Å². The molecular formula is C15H12F2N2. The SMILES string of the molecule is Cc1nc2ccccc2n1Cc1c(F)cccc1F. The monoisotopic (exact) mass is 258 g/mol. The van der Waals surface area contributed by atoms with Crippen LogP contribution in [-0.4, -0.2) is 9.55 Å². The summed E-state index contributed by atoms with van der Waals surface area (Å²) < 4.78 is 29.2. The Morgan fingerprint density at radius 3 is 2.42 bits per heavy atom. The van der Waals surface area contributed by atoms with E-state index < -0.39 is 11.6 Å². The molecule has 0 bridgehead atoms. The molecule has 19 heavy (non-hydrogen) atoms. The van der Waals surface area contributed by atoms with Crippen molar-refractivity contribution in [2.75, 3.05) is 0 Å². The second-order valence-electron chi connectivity index (χ2n) is 4.43. The molecule has 0 saturated heterocycles. The van der Waals surface area contributed by atoms with Gasteiger partial charge in [-0.05, 0) is 31.2 Å². The molecule has 2 aromatic carbocycles. The molecule has 0 unspecified atom stereocenters. The topological polar surface area (TPSA) is 17.8 Å². The van der Waals surface area contributed by atoms with E-state index in [0.29, 0.717) is 0 Å².